The van der Waals surface area contributed by atoms with Crippen LogP contribution in [0.25, 0.3) is 11.1 Å². The number of hydrogen-bond acceptors (Lipinski definition) is 2. The third-order valence-electron chi connectivity index (χ3n) is 2.36. The van der Waals surface area contributed by atoms with Gasteiger partial charge in [-0.2, -0.15) is 0 Å². The molecule has 0 amide bonds. The van der Waals surface area contributed by atoms with E-state index in [0.717, 1.165) is 6.07 Å². The Bertz CT molecular complexity index is 605. The monoisotopic (exact) mass is 310 g/mol. The van der Waals surface area contributed by atoms with Gasteiger partial charge in [0.2, 0.25) is 0 Å². The van der Waals surface area contributed by atoms with Gasteiger partial charge < -0.3 is 10.2 Å². The molecule has 0 aliphatic carbocycles. The quantitative estimate of drug-likeness (QED) is 0.890. The molecule has 92 valence electrons. The minimum atomic E-state index is -1.20. The Morgan fingerprint density at radius 2 is 1.72 bits per heavy atom. The van der Waals surface area contributed by atoms with Crippen LogP contribution < -0.4 is 0 Å². The first-order valence-electron chi connectivity index (χ1n) is 4.99. The fourth-order valence-corrected chi connectivity index (χ4v) is 2.10. The maximum Gasteiger partial charge on any atom is 0.335 e. The highest BCUT2D eigenvalue weighted by molar-refractivity contribution is 9.10. The first-order valence-corrected chi connectivity index (χ1v) is 5.79. The van der Waals surface area contributed by atoms with Gasteiger partial charge in [0.15, 0.2) is 0 Å². The molecule has 0 atom stereocenters. The van der Waals surface area contributed by atoms with Crippen LogP contribution in [0.1, 0.15) is 10.4 Å². The molecule has 0 fully saturated rings. The standard InChI is InChI=1S/C13H8BrFO3/c14-10-2-8(5-12(16)6-10)7-1-9(13(17)18)4-11(15)3-7/h1-6,16H,(H,17,18). The average molecular weight is 311 g/mol. The molecule has 2 rings (SSSR count). The second kappa shape index (κ2) is 4.78. The van der Waals surface area contributed by atoms with Gasteiger partial charge in [-0.05, 0) is 47.5 Å². The van der Waals surface area contributed by atoms with Gasteiger partial charge in [0.25, 0.3) is 0 Å². The van der Waals surface area contributed by atoms with Gasteiger partial charge in [0, 0.05) is 4.47 Å². The van der Waals surface area contributed by atoms with E-state index in [1.165, 1.54) is 24.3 Å². The smallest absolute Gasteiger partial charge is 0.335 e. The summed E-state index contributed by atoms with van der Waals surface area (Å²) in [6.45, 7) is 0. The molecule has 0 saturated heterocycles. The second-order valence-electron chi connectivity index (χ2n) is 3.73. The molecule has 0 aliphatic rings. The van der Waals surface area contributed by atoms with E-state index in [0.29, 0.717) is 15.6 Å². The third kappa shape index (κ3) is 2.68. The van der Waals surface area contributed by atoms with Gasteiger partial charge in [0.05, 0.1) is 5.56 Å². The van der Waals surface area contributed by atoms with Crippen molar-refractivity contribution in [2.45, 2.75) is 0 Å². The fourth-order valence-electron chi connectivity index (χ4n) is 1.62. The largest absolute Gasteiger partial charge is 0.508 e. The first kappa shape index (κ1) is 12.6. The van der Waals surface area contributed by atoms with E-state index in [1.54, 1.807) is 6.07 Å². The summed E-state index contributed by atoms with van der Waals surface area (Å²) in [4.78, 5) is 10.8. The van der Waals surface area contributed by atoms with Crippen LogP contribution >= 0.6 is 15.9 Å². The Morgan fingerprint density at radius 1 is 1.06 bits per heavy atom. The van der Waals surface area contributed by atoms with E-state index in [4.69, 9.17) is 5.11 Å². The Balaban J connectivity index is 2.59. The van der Waals surface area contributed by atoms with Crippen molar-refractivity contribution in [2.75, 3.05) is 0 Å². The van der Waals surface area contributed by atoms with Crippen LogP contribution in [0.15, 0.2) is 40.9 Å². The predicted octanol–water partition coefficient (Wildman–Crippen LogP) is 3.66. The second-order valence-corrected chi connectivity index (χ2v) is 4.65. The van der Waals surface area contributed by atoms with Crippen LogP contribution in [0.2, 0.25) is 0 Å². The summed E-state index contributed by atoms with van der Waals surface area (Å²) in [7, 11) is 0. The van der Waals surface area contributed by atoms with Crippen molar-refractivity contribution in [1.29, 1.82) is 0 Å². The summed E-state index contributed by atoms with van der Waals surface area (Å²) in [6.07, 6.45) is 0. The lowest BCUT2D eigenvalue weighted by Gasteiger charge is -2.05. The molecule has 0 saturated carbocycles. The van der Waals surface area contributed by atoms with E-state index in [2.05, 4.69) is 15.9 Å². The summed E-state index contributed by atoms with van der Waals surface area (Å²) in [6, 6.07) is 8.11. The van der Waals surface area contributed by atoms with E-state index in [-0.39, 0.29) is 11.3 Å². The van der Waals surface area contributed by atoms with Crippen molar-refractivity contribution in [3.05, 3.63) is 52.3 Å². The van der Waals surface area contributed by atoms with Gasteiger partial charge in [-0.15, -0.1) is 0 Å². The number of carboxylic acid groups (broad SMARTS) is 1. The number of aromatic hydroxyl groups is 1. The van der Waals surface area contributed by atoms with Gasteiger partial charge in [-0.1, -0.05) is 15.9 Å². The van der Waals surface area contributed by atoms with Crippen molar-refractivity contribution in [1.82, 2.24) is 0 Å². The lowest BCUT2D eigenvalue weighted by molar-refractivity contribution is 0.0696. The van der Waals surface area contributed by atoms with Crippen LogP contribution in [0.4, 0.5) is 4.39 Å². The Labute approximate surface area is 111 Å². The van der Waals surface area contributed by atoms with Crippen molar-refractivity contribution in [3.8, 4) is 16.9 Å². The molecular weight excluding hydrogens is 303 g/mol. The molecule has 0 heterocycles. The zero-order valence-electron chi connectivity index (χ0n) is 9.02. The first-order chi connectivity index (χ1) is 8.45. The number of benzene rings is 2. The zero-order chi connectivity index (χ0) is 13.3. The summed E-state index contributed by atoms with van der Waals surface area (Å²) in [5.74, 6) is -1.82. The highest BCUT2D eigenvalue weighted by Gasteiger charge is 2.09. The zero-order valence-corrected chi connectivity index (χ0v) is 10.6. The fraction of sp³-hybridized carbons (Fsp3) is 0. The lowest BCUT2D eigenvalue weighted by atomic mass is 10.0. The average Bonchev–Trinajstić information content (AvgIpc) is 2.26. The summed E-state index contributed by atoms with van der Waals surface area (Å²) in [5, 5.41) is 18.3. The maximum atomic E-state index is 13.3. The maximum absolute atomic E-state index is 13.3. The van der Waals surface area contributed by atoms with Gasteiger partial charge in [-0.25, -0.2) is 9.18 Å². The number of carbonyl (C=O) groups is 1. The Hall–Kier alpha value is -1.88. The van der Waals surface area contributed by atoms with Crippen LogP contribution in [-0.4, -0.2) is 16.2 Å². The molecule has 5 heteroatoms. The number of aromatic carboxylic acids is 1. The minimum Gasteiger partial charge on any atom is -0.508 e. The molecule has 0 unspecified atom stereocenters. The number of phenolic OH excluding ortho intramolecular Hbond substituents is 1. The summed E-state index contributed by atoms with van der Waals surface area (Å²) < 4.78 is 14.0. The molecule has 3 nitrogen and oxygen atoms in total. The molecule has 0 radical (unpaired) electrons. The number of halogens is 2. The van der Waals surface area contributed by atoms with E-state index in [1.807, 2.05) is 0 Å². The molecule has 18 heavy (non-hydrogen) atoms. The highest BCUT2D eigenvalue weighted by Crippen LogP contribution is 2.29. The molecule has 2 N–H and O–H groups in total. The predicted molar refractivity (Wildman–Crippen MR) is 68.2 cm³/mol. The normalized spacial score (nSPS) is 10.3. The van der Waals surface area contributed by atoms with Crippen LogP contribution in [0.3, 0.4) is 0 Å². The third-order valence-corrected chi connectivity index (χ3v) is 2.82. The molecule has 0 aliphatic heterocycles. The number of rotatable bonds is 2. The molecule has 2 aromatic rings. The number of carboxylic acids is 1. The van der Waals surface area contributed by atoms with Gasteiger partial charge in [0.1, 0.15) is 11.6 Å². The lowest BCUT2D eigenvalue weighted by Crippen LogP contribution is -1.97. The number of hydrogen-bond donors (Lipinski definition) is 2. The Kier molecular flexibility index (Phi) is 3.34. The van der Waals surface area contributed by atoms with Crippen LogP contribution in [-0.2, 0) is 0 Å². The molecule has 0 aromatic heterocycles. The van der Waals surface area contributed by atoms with Crippen molar-refractivity contribution in [2.24, 2.45) is 0 Å². The van der Waals surface area contributed by atoms with Gasteiger partial charge >= 0.3 is 5.97 Å². The van der Waals surface area contributed by atoms with E-state index < -0.39 is 11.8 Å². The summed E-state index contributed by atoms with van der Waals surface area (Å²) >= 11 is 3.21. The van der Waals surface area contributed by atoms with Crippen LogP contribution in [0, 0.1) is 5.82 Å². The van der Waals surface area contributed by atoms with E-state index >= 15 is 0 Å². The highest BCUT2D eigenvalue weighted by atomic mass is 79.9. The van der Waals surface area contributed by atoms with Crippen molar-refractivity contribution in [3.63, 3.8) is 0 Å². The van der Waals surface area contributed by atoms with Crippen LogP contribution in [0.5, 0.6) is 5.75 Å². The summed E-state index contributed by atoms with van der Waals surface area (Å²) in [5.41, 5.74) is 0.789. The molecule has 0 spiro atoms. The minimum absolute atomic E-state index is 0.0144. The van der Waals surface area contributed by atoms with Gasteiger partial charge in [-0.3, -0.25) is 0 Å². The Morgan fingerprint density at radius 3 is 2.33 bits per heavy atom. The molecular formula is C13H8BrFO3. The van der Waals surface area contributed by atoms with Crippen molar-refractivity contribution >= 4 is 21.9 Å². The van der Waals surface area contributed by atoms with Crippen molar-refractivity contribution < 1.29 is 19.4 Å². The SMILES string of the molecule is O=C(O)c1cc(F)cc(-c2cc(O)cc(Br)c2)c1. The molecule has 2 aromatic carbocycles. The molecule has 0 bridgehead atoms. The number of phenols is 1. The topological polar surface area (TPSA) is 57.5 Å². The van der Waals surface area contributed by atoms with E-state index in [9.17, 15) is 14.3 Å².